The van der Waals surface area contributed by atoms with Crippen molar-refractivity contribution < 1.29 is 19.4 Å². The zero-order chi connectivity index (χ0) is 18.1. The van der Waals surface area contributed by atoms with Gasteiger partial charge >= 0.3 is 5.97 Å². The van der Waals surface area contributed by atoms with E-state index in [4.69, 9.17) is 9.47 Å². The minimum atomic E-state index is -0.655. The molecule has 2 heterocycles. The number of carboxylic acid groups (broad SMARTS) is 1. The first-order chi connectivity index (χ1) is 11.9. The highest BCUT2D eigenvalue weighted by atomic mass is 16.5. The number of rotatable bonds is 5. The Morgan fingerprint density at radius 3 is 2.56 bits per heavy atom. The summed E-state index contributed by atoms with van der Waals surface area (Å²) in [5.41, 5.74) is 2.46. The molecule has 25 heavy (non-hydrogen) atoms. The molecule has 1 aromatic carbocycles. The second-order valence-electron chi connectivity index (χ2n) is 7.74. The quantitative estimate of drug-likeness (QED) is 0.885. The van der Waals surface area contributed by atoms with Gasteiger partial charge in [0.05, 0.1) is 20.1 Å². The normalized spacial score (nSPS) is 26.0. The van der Waals surface area contributed by atoms with Crippen molar-refractivity contribution in [1.29, 1.82) is 0 Å². The first kappa shape index (κ1) is 18.1. The molecule has 0 amide bonds. The van der Waals surface area contributed by atoms with Crippen LogP contribution in [0.15, 0.2) is 12.1 Å². The maximum Gasteiger partial charge on any atom is 0.306 e. The molecule has 2 aliphatic heterocycles. The summed E-state index contributed by atoms with van der Waals surface area (Å²) in [5, 5.41) is 9.78. The number of nitrogens with zero attached hydrogens (tertiary/aromatic N) is 1. The molecule has 3 atom stereocenters. The van der Waals surface area contributed by atoms with E-state index in [1.54, 1.807) is 14.2 Å². The van der Waals surface area contributed by atoms with Gasteiger partial charge in [-0.15, -0.1) is 0 Å². The number of fused-ring (bicyclic) bond motifs is 3. The van der Waals surface area contributed by atoms with Gasteiger partial charge in [0.2, 0.25) is 0 Å². The van der Waals surface area contributed by atoms with Crippen LogP contribution in [-0.2, 0) is 11.2 Å². The first-order valence-electron chi connectivity index (χ1n) is 9.16. The van der Waals surface area contributed by atoms with E-state index < -0.39 is 5.97 Å². The Labute approximate surface area is 149 Å². The minimum absolute atomic E-state index is 0.160. The molecule has 0 aliphatic carbocycles. The smallest absolute Gasteiger partial charge is 0.306 e. The van der Waals surface area contributed by atoms with Gasteiger partial charge in [-0.25, -0.2) is 0 Å². The minimum Gasteiger partial charge on any atom is -0.493 e. The van der Waals surface area contributed by atoms with Gasteiger partial charge in [-0.2, -0.15) is 0 Å². The van der Waals surface area contributed by atoms with Crippen LogP contribution in [0.2, 0.25) is 0 Å². The van der Waals surface area contributed by atoms with Crippen LogP contribution < -0.4 is 9.47 Å². The zero-order valence-electron chi connectivity index (χ0n) is 15.6. The number of benzene rings is 1. The van der Waals surface area contributed by atoms with Crippen molar-refractivity contribution in [2.24, 2.45) is 17.8 Å². The fourth-order valence-electron chi connectivity index (χ4n) is 4.58. The van der Waals surface area contributed by atoms with Crippen molar-refractivity contribution in [2.75, 3.05) is 27.3 Å². The molecule has 5 heteroatoms. The largest absolute Gasteiger partial charge is 0.493 e. The van der Waals surface area contributed by atoms with Crippen LogP contribution in [0.3, 0.4) is 0 Å². The van der Waals surface area contributed by atoms with Crippen molar-refractivity contribution >= 4 is 5.97 Å². The van der Waals surface area contributed by atoms with Crippen molar-refractivity contribution in [3.8, 4) is 11.5 Å². The molecular formula is C20H29NO4. The van der Waals surface area contributed by atoms with Gasteiger partial charge in [-0.05, 0) is 54.4 Å². The number of carbonyl (C=O) groups is 1. The molecule has 0 spiro atoms. The van der Waals surface area contributed by atoms with E-state index in [9.17, 15) is 9.90 Å². The van der Waals surface area contributed by atoms with Crippen LogP contribution in [0.5, 0.6) is 11.5 Å². The Kier molecular flexibility index (Phi) is 5.23. The Morgan fingerprint density at radius 1 is 1.28 bits per heavy atom. The second-order valence-corrected chi connectivity index (χ2v) is 7.74. The van der Waals surface area contributed by atoms with Crippen LogP contribution in [-0.4, -0.2) is 43.3 Å². The van der Waals surface area contributed by atoms with E-state index in [0.29, 0.717) is 12.3 Å². The van der Waals surface area contributed by atoms with E-state index in [1.807, 2.05) is 6.07 Å². The third kappa shape index (κ3) is 3.47. The average Bonchev–Trinajstić information content (AvgIpc) is 2.58. The van der Waals surface area contributed by atoms with Crippen molar-refractivity contribution in [1.82, 2.24) is 4.90 Å². The van der Waals surface area contributed by atoms with Gasteiger partial charge in [-0.3, -0.25) is 9.69 Å². The van der Waals surface area contributed by atoms with Gasteiger partial charge in [-0.1, -0.05) is 13.8 Å². The van der Waals surface area contributed by atoms with Gasteiger partial charge in [0.25, 0.3) is 0 Å². The lowest BCUT2D eigenvalue weighted by molar-refractivity contribution is -0.147. The summed E-state index contributed by atoms with van der Waals surface area (Å²) in [6, 6.07) is 4.27. The van der Waals surface area contributed by atoms with E-state index in [1.165, 1.54) is 11.1 Å². The second kappa shape index (κ2) is 7.24. The standard InChI is InChI=1S/C20H29NO4/c1-12(2)7-14-11-21-6-5-13-8-18(24-3)19(25-4)10-15(13)17(21)9-16(14)20(22)23/h8,10,12,14,16-17H,5-7,9,11H2,1-4H3,(H,22,23)/t14-,16?,17-/m1/s1. The maximum atomic E-state index is 11.9. The van der Waals surface area contributed by atoms with Gasteiger partial charge in [0.1, 0.15) is 0 Å². The van der Waals surface area contributed by atoms with Crippen LogP contribution >= 0.6 is 0 Å². The Balaban J connectivity index is 1.93. The Hall–Kier alpha value is -1.75. The van der Waals surface area contributed by atoms with E-state index in [0.717, 1.165) is 37.4 Å². The molecule has 1 saturated heterocycles. The fraction of sp³-hybridized carbons (Fsp3) is 0.650. The van der Waals surface area contributed by atoms with Crippen LogP contribution in [0, 0.1) is 17.8 Å². The number of ether oxygens (including phenoxy) is 2. The third-order valence-electron chi connectivity index (χ3n) is 5.72. The zero-order valence-corrected chi connectivity index (χ0v) is 15.6. The van der Waals surface area contributed by atoms with Crippen molar-refractivity contribution in [3.63, 3.8) is 0 Å². The van der Waals surface area contributed by atoms with Crippen molar-refractivity contribution in [2.45, 2.75) is 39.2 Å². The lowest BCUT2D eigenvalue weighted by Gasteiger charge is -2.46. The predicted octanol–water partition coefficient (Wildman–Crippen LogP) is 3.37. The van der Waals surface area contributed by atoms with E-state index in [-0.39, 0.29) is 17.9 Å². The summed E-state index contributed by atoms with van der Waals surface area (Å²) in [6.45, 7) is 6.20. The number of hydrogen-bond donors (Lipinski definition) is 1. The summed E-state index contributed by atoms with van der Waals surface area (Å²) in [6.07, 6.45) is 2.62. The Bertz CT molecular complexity index is 643. The Morgan fingerprint density at radius 2 is 1.96 bits per heavy atom. The molecular weight excluding hydrogens is 318 g/mol. The molecule has 3 rings (SSSR count). The highest BCUT2D eigenvalue weighted by molar-refractivity contribution is 5.71. The monoisotopic (exact) mass is 347 g/mol. The van der Waals surface area contributed by atoms with Crippen molar-refractivity contribution in [3.05, 3.63) is 23.3 Å². The number of carboxylic acids is 1. The first-order valence-corrected chi connectivity index (χ1v) is 9.16. The van der Waals surface area contributed by atoms with Gasteiger partial charge in [0, 0.05) is 19.1 Å². The molecule has 1 N–H and O–H groups in total. The molecule has 138 valence electrons. The number of hydrogen-bond acceptors (Lipinski definition) is 4. The van der Waals surface area contributed by atoms with Crippen LogP contribution in [0.4, 0.5) is 0 Å². The fourth-order valence-corrected chi connectivity index (χ4v) is 4.58. The van der Waals surface area contributed by atoms with E-state index in [2.05, 4.69) is 24.8 Å². The molecule has 0 radical (unpaired) electrons. The highest BCUT2D eigenvalue weighted by Gasteiger charge is 2.42. The van der Waals surface area contributed by atoms with Crippen LogP contribution in [0.25, 0.3) is 0 Å². The lowest BCUT2D eigenvalue weighted by Crippen LogP contribution is -2.48. The molecule has 1 aromatic rings. The third-order valence-corrected chi connectivity index (χ3v) is 5.72. The summed E-state index contributed by atoms with van der Waals surface area (Å²) in [5.74, 6) is 1.29. The van der Waals surface area contributed by atoms with Crippen LogP contribution in [0.1, 0.15) is 43.9 Å². The topological polar surface area (TPSA) is 59.0 Å². The van der Waals surface area contributed by atoms with Gasteiger partial charge in [0.15, 0.2) is 11.5 Å². The highest BCUT2D eigenvalue weighted by Crippen LogP contribution is 2.45. The molecule has 5 nitrogen and oxygen atoms in total. The number of aliphatic carboxylic acids is 1. The number of piperidine rings is 1. The van der Waals surface area contributed by atoms with E-state index >= 15 is 0 Å². The molecule has 0 aromatic heterocycles. The molecule has 0 bridgehead atoms. The molecule has 2 aliphatic rings. The summed E-state index contributed by atoms with van der Waals surface area (Å²) < 4.78 is 10.9. The maximum absolute atomic E-state index is 11.9. The van der Waals surface area contributed by atoms with Gasteiger partial charge < -0.3 is 14.6 Å². The summed E-state index contributed by atoms with van der Waals surface area (Å²) in [4.78, 5) is 14.4. The SMILES string of the molecule is COc1cc2c(cc1OC)[C@H]1CC(C(=O)O)[C@H](CC(C)C)CN1CC2. The lowest BCUT2D eigenvalue weighted by atomic mass is 9.74. The molecule has 1 fully saturated rings. The predicted molar refractivity (Wildman–Crippen MR) is 96.3 cm³/mol. The average molecular weight is 347 g/mol. The molecule has 0 saturated carbocycles. The summed E-state index contributed by atoms with van der Waals surface area (Å²) >= 11 is 0. The summed E-state index contributed by atoms with van der Waals surface area (Å²) in [7, 11) is 3.29. The molecule has 1 unspecified atom stereocenters. The number of methoxy groups -OCH3 is 2.